The van der Waals surface area contributed by atoms with E-state index in [0.29, 0.717) is 17.4 Å². The molecule has 1 amide bonds. The predicted octanol–water partition coefficient (Wildman–Crippen LogP) is 15.4. The van der Waals surface area contributed by atoms with Gasteiger partial charge in [0.25, 0.3) is 0 Å². The second-order valence-corrected chi connectivity index (χ2v) is 20.7. The molecular weight excluding hydrogens is 792 g/mol. The number of hydrogen-bond acceptors (Lipinski definition) is 5. The van der Waals surface area contributed by atoms with Gasteiger partial charge < -0.3 is 19.8 Å². The molecular formula is C53H104N2O6P+. The van der Waals surface area contributed by atoms with Gasteiger partial charge in [-0.1, -0.05) is 217 Å². The van der Waals surface area contributed by atoms with Crippen LogP contribution < -0.4 is 5.32 Å². The van der Waals surface area contributed by atoms with E-state index in [1.54, 1.807) is 6.08 Å². The fourth-order valence-electron chi connectivity index (χ4n) is 7.64. The molecule has 0 aromatic heterocycles. The number of rotatable bonds is 48. The standard InChI is InChI=1S/C53H103N2O6P/c1-6-8-10-12-14-16-18-19-20-21-22-23-24-25-26-27-28-29-30-31-32-33-34-35-36-37-39-41-43-45-47-53(57)54-51(50-61-62(58,59)60-49-48-55(3,4)5)52(56)46-44-42-40-38-17-15-13-11-9-7-2/h17,25-26,38,44,46,51-52,56H,6-16,18-24,27-37,39-43,45,47-50H2,1-5H3,(H-,54,57,58,59)/p+1/b26-25-,38-17+,46-44+. The first-order valence-electron chi connectivity index (χ1n) is 26.4. The van der Waals surface area contributed by atoms with Crippen LogP contribution in [0, 0.1) is 0 Å². The number of aliphatic hydroxyl groups excluding tert-OH is 1. The van der Waals surface area contributed by atoms with E-state index in [4.69, 9.17) is 9.05 Å². The Morgan fingerprint density at radius 2 is 0.887 bits per heavy atom. The summed E-state index contributed by atoms with van der Waals surface area (Å²) in [5.41, 5.74) is 0. The van der Waals surface area contributed by atoms with Crippen molar-refractivity contribution in [2.24, 2.45) is 0 Å². The lowest BCUT2D eigenvalue weighted by atomic mass is 10.0. The Labute approximate surface area is 385 Å². The van der Waals surface area contributed by atoms with Crippen LogP contribution in [0.2, 0.25) is 0 Å². The van der Waals surface area contributed by atoms with Gasteiger partial charge in [0.05, 0.1) is 39.9 Å². The Morgan fingerprint density at radius 1 is 0.532 bits per heavy atom. The first-order valence-corrected chi connectivity index (χ1v) is 27.9. The van der Waals surface area contributed by atoms with Gasteiger partial charge in [-0.15, -0.1) is 0 Å². The Bertz CT molecular complexity index is 1110. The van der Waals surface area contributed by atoms with E-state index in [-0.39, 0.29) is 19.1 Å². The molecule has 0 aliphatic heterocycles. The molecule has 0 bridgehead atoms. The second kappa shape index (κ2) is 44.9. The molecule has 0 saturated carbocycles. The molecule has 8 nitrogen and oxygen atoms in total. The van der Waals surface area contributed by atoms with Crippen molar-refractivity contribution in [3.63, 3.8) is 0 Å². The number of carbonyl (C=O) groups excluding carboxylic acids is 1. The van der Waals surface area contributed by atoms with Gasteiger partial charge in [-0.3, -0.25) is 13.8 Å². The molecule has 0 aromatic rings. The van der Waals surface area contributed by atoms with Crippen molar-refractivity contribution in [2.75, 3.05) is 40.9 Å². The predicted molar refractivity (Wildman–Crippen MR) is 268 cm³/mol. The normalized spacial score (nSPS) is 14.4. The number of aliphatic hydroxyl groups is 1. The third-order valence-electron chi connectivity index (χ3n) is 11.8. The maximum absolute atomic E-state index is 12.9. The van der Waals surface area contributed by atoms with Crippen LogP contribution in [0.4, 0.5) is 0 Å². The third-order valence-corrected chi connectivity index (χ3v) is 12.8. The highest BCUT2D eigenvalue weighted by Crippen LogP contribution is 2.43. The number of unbranched alkanes of at least 4 members (excludes halogenated alkanes) is 31. The Kier molecular flexibility index (Phi) is 44.0. The molecule has 0 aromatic carbocycles. The van der Waals surface area contributed by atoms with E-state index in [9.17, 15) is 19.4 Å². The summed E-state index contributed by atoms with van der Waals surface area (Å²) < 4.78 is 23.5. The van der Waals surface area contributed by atoms with Crippen LogP contribution in [0.15, 0.2) is 36.5 Å². The van der Waals surface area contributed by atoms with E-state index < -0.39 is 20.0 Å². The highest BCUT2D eigenvalue weighted by atomic mass is 31.2. The monoisotopic (exact) mass is 896 g/mol. The summed E-state index contributed by atoms with van der Waals surface area (Å²) in [4.78, 5) is 23.1. The van der Waals surface area contributed by atoms with Crippen LogP contribution in [0.1, 0.15) is 245 Å². The van der Waals surface area contributed by atoms with Crippen LogP contribution >= 0.6 is 7.82 Å². The van der Waals surface area contributed by atoms with Crippen molar-refractivity contribution in [3.05, 3.63) is 36.5 Å². The molecule has 366 valence electrons. The average molecular weight is 896 g/mol. The summed E-state index contributed by atoms with van der Waals surface area (Å²) in [5.74, 6) is -0.187. The third kappa shape index (κ3) is 46.7. The molecule has 9 heteroatoms. The van der Waals surface area contributed by atoms with E-state index >= 15 is 0 Å². The van der Waals surface area contributed by atoms with Gasteiger partial charge in [-0.2, -0.15) is 0 Å². The number of hydrogen-bond donors (Lipinski definition) is 3. The molecule has 0 fully saturated rings. The average Bonchev–Trinajstić information content (AvgIpc) is 3.23. The molecule has 3 N–H and O–H groups in total. The van der Waals surface area contributed by atoms with Crippen LogP contribution in [0.5, 0.6) is 0 Å². The van der Waals surface area contributed by atoms with Crippen molar-refractivity contribution in [2.45, 2.75) is 257 Å². The quantitative estimate of drug-likeness (QED) is 0.0243. The highest BCUT2D eigenvalue weighted by Gasteiger charge is 2.27. The lowest BCUT2D eigenvalue weighted by Gasteiger charge is -2.25. The number of nitrogens with one attached hydrogen (secondary N) is 1. The Balaban J connectivity index is 4.02. The zero-order valence-electron chi connectivity index (χ0n) is 41.6. The minimum absolute atomic E-state index is 0.0566. The van der Waals surface area contributed by atoms with Crippen LogP contribution in [-0.2, 0) is 18.4 Å². The van der Waals surface area contributed by atoms with Crippen LogP contribution in [0.25, 0.3) is 0 Å². The number of phosphoric ester groups is 1. The fourth-order valence-corrected chi connectivity index (χ4v) is 8.38. The maximum Gasteiger partial charge on any atom is 0.472 e. The number of likely N-dealkylation sites (N-methyl/N-ethyl adjacent to an activating group) is 1. The van der Waals surface area contributed by atoms with Crippen molar-refractivity contribution in [1.82, 2.24) is 5.32 Å². The zero-order valence-corrected chi connectivity index (χ0v) is 42.5. The van der Waals surface area contributed by atoms with Gasteiger partial charge in [0.2, 0.25) is 5.91 Å². The first-order chi connectivity index (χ1) is 30.0. The fraction of sp³-hybridized carbons (Fsp3) is 0.868. The van der Waals surface area contributed by atoms with Gasteiger partial charge in [0.15, 0.2) is 0 Å². The minimum atomic E-state index is -4.34. The molecule has 0 aliphatic rings. The lowest BCUT2D eigenvalue weighted by molar-refractivity contribution is -0.870. The first kappa shape index (κ1) is 60.7. The number of nitrogens with zero attached hydrogens (tertiary/aromatic N) is 1. The van der Waals surface area contributed by atoms with Crippen molar-refractivity contribution < 1.29 is 32.9 Å². The molecule has 0 saturated heterocycles. The van der Waals surface area contributed by atoms with E-state index in [1.165, 1.54) is 186 Å². The number of allylic oxidation sites excluding steroid dienone is 5. The Morgan fingerprint density at radius 3 is 1.31 bits per heavy atom. The van der Waals surface area contributed by atoms with Gasteiger partial charge >= 0.3 is 7.82 Å². The highest BCUT2D eigenvalue weighted by molar-refractivity contribution is 7.47. The summed E-state index contributed by atoms with van der Waals surface area (Å²) in [7, 11) is 1.56. The SMILES string of the molecule is CCCCCC/C=C/CC/C=C/C(O)C(COP(=O)(O)OCC[N+](C)(C)C)NC(=O)CCCCCCCCCCCCCCCC/C=C\CCCCCCCCCCCCCC. The molecule has 0 heterocycles. The second-order valence-electron chi connectivity index (χ2n) is 19.2. The number of carbonyl (C=O) groups is 1. The maximum atomic E-state index is 12.9. The summed E-state index contributed by atoms with van der Waals surface area (Å²) in [6.07, 6.45) is 56.9. The van der Waals surface area contributed by atoms with Gasteiger partial charge in [0.1, 0.15) is 13.2 Å². The van der Waals surface area contributed by atoms with Crippen molar-refractivity contribution in [3.8, 4) is 0 Å². The number of phosphoric acid groups is 1. The number of amides is 1. The van der Waals surface area contributed by atoms with Crippen LogP contribution in [-0.4, -0.2) is 73.4 Å². The van der Waals surface area contributed by atoms with Crippen molar-refractivity contribution >= 4 is 13.7 Å². The lowest BCUT2D eigenvalue weighted by Crippen LogP contribution is -2.45. The van der Waals surface area contributed by atoms with Gasteiger partial charge in [0, 0.05) is 6.42 Å². The van der Waals surface area contributed by atoms with Gasteiger partial charge in [-0.25, -0.2) is 4.57 Å². The zero-order chi connectivity index (χ0) is 45.7. The topological polar surface area (TPSA) is 105 Å². The summed E-state index contributed by atoms with van der Waals surface area (Å²) in [5, 5.41) is 13.8. The smallest absolute Gasteiger partial charge is 0.387 e. The number of quaternary nitrogens is 1. The summed E-state index contributed by atoms with van der Waals surface area (Å²) >= 11 is 0. The molecule has 0 spiro atoms. The van der Waals surface area contributed by atoms with E-state index in [0.717, 1.165) is 38.5 Å². The van der Waals surface area contributed by atoms with Crippen LogP contribution in [0.3, 0.4) is 0 Å². The minimum Gasteiger partial charge on any atom is -0.387 e. The molecule has 0 aliphatic carbocycles. The van der Waals surface area contributed by atoms with Crippen molar-refractivity contribution in [1.29, 1.82) is 0 Å². The molecule has 62 heavy (non-hydrogen) atoms. The van der Waals surface area contributed by atoms with Gasteiger partial charge in [-0.05, 0) is 57.8 Å². The Hall–Kier alpha value is -1.28. The summed E-state index contributed by atoms with van der Waals surface area (Å²) in [6, 6.07) is -0.860. The van der Waals surface area contributed by atoms with E-state index in [2.05, 4.69) is 43.5 Å². The largest absolute Gasteiger partial charge is 0.472 e. The molecule has 3 atom stereocenters. The van der Waals surface area contributed by atoms with E-state index in [1.807, 2.05) is 27.2 Å². The molecule has 3 unspecified atom stereocenters. The molecule has 0 rings (SSSR count). The molecule has 0 radical (unpaired) electrons. The summed E-state index contributed by atoms with van der Waals surface area (Å²) in [6.45, 7) is 4.77.